The van der Waals surface area contributed by atoms with Crippen molar-refractivity contribution in [3.8, 4) is 11.5 Å². The number of halogens is 3. The summed E-state index contributed by atoms with van der Waals surface area (Å²) < 4.78 is 46.7. The lowest BCUT2D eigenvalue weighted by atomic mass is 10.2. The van der Waals surface area contributed by atoms with Crippen LogP contribution < -0.4 is 9.47 Å². The Kier molecular flexibility index (Phi) is 5.04. The second kappa shape index (κ2) is 6.98. The Morgan fingerprint density at radius 3 is 2.36 bits per heavy atom. The van der Waals surface area contributed by atoms with Gasteiger partial charge in [-0.2, -0.15) is 13.2 Å². The topological polar surface area (TPSA) is 35.5 Å². The van der Waals surface area contributed by atoms with Crippen molar-refractivity contribution in [3.05, 3.63) is 59.7 Å². The van der Waals surface area contributed by atoms with Gasteiger partial charge >= 0.3 is 6.18 Å². The van der Waals surface area contributed by atoms with Gasteiger partial charge in [-0.05, 0) is 17.7 Å². The van der Waals surface area contributed by atoms with E-state index in [0.717, 1.165) is 5.56 Å². The lowest BCUT2D eigenvalue weighted by Crippen LogP contribution is -2.19. The zero-order valence-corrected chi connectivity index (χ0v) is 11.5. The van der Waals surface area contributed by atoms with Crippen LogP contribution in [0.2, 0.25) is 0 Å². The summed E-state index contributed by atoms with van der Waals surface area (Å²) in [6.45, 7) is -1.20. The number of ether oxygens (including phenoxy) is 2. The highest BCUT2D eigenvalue weighted by atomic mass is 19.4. The second-order valence-electron chi connectivity index (χ2n) is 4.50. The van der Waals surface area contributed by atoms with E-state index in [9.17, 15) is 18.0 Å². The predicted octanol–water partition coefficient (Wildman–Crippen LogP) is 4.02. The molecule has 2 rings (SSSR count). The number of aldehydes is 1. The SMILES string of the molecule is O=Cc1ccc(OCc2ccccc2)cc1OCC(F)(F)F. The molecule has 0 N–H and O–H groups in total. The molecule has 2 aromatic rings. The lowest BCUT2D eigenvalue weighted by Gasteiger charge is -2.13. The van der Waals surface area contributed by atoms with Gasteiger partial charge in [0.2, 0.25) is 0 Å². The summed E-state index contributed by atoms with van der Waals surface area (Å²) in [5.41, 5.74) is 0.955. The standard InChI is InChI=1S/C16H13F3O3/c17-16(18,19)11-22-15-8-14(7-6-13(15)9-20)21-10-12-4-2-1-3-5-12/h1-9H,10-11H2. The minimum atomic E-state index is -4.47. The van der Waals surface area contributed by atoms with Crippen LogP contribution in [0.15, 0.2) is 48.5 Å². The van der Waals surface area contributed by atoms with Crippen LogP contribution in [0.4, 0.5) is 13.2 Å². The average molecular weight is 310 g/mol. The molecule has 0 aliphatic rings. The van der Waals surface area contributed by atoms with Gasteiger partial charge in [-0.15, -0.1) is 0 Å². The van der Waals surface area contributed by atoms with Crippen molar-refractivity contribution < 1.29 is 27.4 Å². The molecule has 0 heterocycles. The van der Waals surface area contributed by atoms with Crippen LogP contribution in [0, 0.1) is 0 Å². The van der Waals surface area contributed by atoms with Crippen LogP contribution in [0.3, 0.4) is 0 Å². The summed E-state index contributed by atoms with van der Waals surface area (Å²) in [4.78, 5) is 10.8. The normalized spacial score (nSPS) is 11.0. The summed E-state index contributed by atoms with van der Waals surface area (Å²) in [5, 5.41) is 0. The molecule has 0 aliphatic carbocycles. The predicted molar refractivity (Wildman–Crippen MR) is 74.2 cm³/mol. The van der Waals surface area contributed by atoms with Crippen molar-refractivity contribution in [2.75, 3.05) is 6.61 Å². The zero-order chi connectivity index (χ0) is 16.0. The highest BCUT2D eigenvalue weighted by Gasteiger charge is 2.28. The Hall–Kier alpha value is -2.50. The molecular formula is C16H13F3O3. The van der Waals surface area contributed by atoms with Crippen LogP contribution in [0.25, 0.3) is 0 Å². The third-order valence-electron chi connectivity index (χ3n) is 2.75. The summed E-state index contributed by atoms with van der Waals surface area (Å²) in [7, 11) is 0. The van der Waals surface area contributed by atoms with E-state index in [1.807, 2.05) is 30.3 Å². The maximum Gasteiger partial charge on any atom is 0.422 e. The number of benzene rings is 2. The smallest absolute Gasteiger partial charge is 0.422 e. The Labute approximate surface area is 125 Å². The van der Waals surface area contributed by atoms with Crippen molar-refractivity contribution in [2.45, 2.75) is 12.8 Å². The minimum absolute atomic E-state index is 0.0383. The minimum Gasteiger partial charge on any atom is -0.489 e. The lowest BCUT2D eigenvalue weighted by molar-refractivity contribution is -0.153. The highest BCUT2D eigenvalue weighted by Crippen LogP contribution is 2.26. The fourth-order valence-electron chi connectivity index (χ4n) is 1.73. The molecule has 0 saturated heterocycles. The molecule has 3 nitrogen and oxygen atoms in total. The van der Waals surface area contributed by atoms with E-state index in [4.69, 9.17) is 4.74 Å². The largest absolute Gasteiger partial charge is 0.489 e. The molecule has 0 aliphatic heterocycles. The number of carbonyl (C=O) groups excluding carboxylic acids is 1. The summed E-state index contributed by atoms with van der Waals surface area (Å²) >= 11 is 0. The van der Waals surface area contributed by atoms with Gasteiger partial charge in [-0.25, -0.2) is 0 Å². The maximum absolute atomic E-state index is 12.2. The van der Waals surface area contributed by atoms with Crippen LogP contribution >= 0.6 is 0 Å². The highest BCUT2D eigenvalue weighted by molar-refractivity contribution is 5.79. The van der Waals surface area contributed by atoms with Gasteiger partial charge in [-0.3, -0.25) is 4.79 Å². The van der Waals surface area contributed by atoms with Gasteiger partial charge in [0.15, 0.2) is 12.9 Å². The first-order chi connectivity index (χ1) is 10.5. The van der Waals surface area contributed by atoms with Crippen LogP contribution in [-0.2, 0) is 6.61 Å². The number of hydrogen-bond acceptors (Lipinski definition) is 3. The van der Waals surface area contributed by atoms with Gasteiger partial charge in [0.1, 0.15) is 18.1 Å². The number of hydrogen-bond donors (Lipinski definition) is 0. The molecule has 0 bridgehead atoms. The summed E-state index contributed by atoms with van der Waals surface area (Å²) in [6, 6.07) is 13.4. The van der Waals surface area contributed by atoms with E-state index in [0.29, 0.717) is 12.0 Å². The fourth-order valence-corrected chi connectivity index (χ4v) is 1.73. The van der Waals surface area contributed by atoms with Crippen LogP contribution in [0.5, 0.6) is 11.5 Å². The molecule has 0 amide bonds. The molecular weight excluding hydrogens is 297 g/mol. The Morgan fingerprint density at radius 2 is 1.73 bits per heavy atom. The van der Waals surface area contributed by atoms with Gasteiger partial charge < -0.3 is 9.47 Å². The average Bonchev–Trinajstić information content (AvgIpc) is 2.51. The number of alkyl halides is 3. The molecule has 0 spiro atoms. The third kappa shape index (κ3) is 4.80. The van der Waals surface area contributed by atoms with Crippen molar-refractivity contribution in [2.24, 2.45) is 0 Å². The van der Waals surface area contributed by atoms with Crippen molar-refractivity contribution in [1.82, 2.24) is 0 Å². The summed E-state index contributed by atoms with van der Waals surface area (Å²) in [5.74, 6) is 0.171. The van der Waals surface area contributed by atoms with E-state index in [2.05, 4.69) is 4.74 Å². The fraction of sp³-hybridized carbons (Fsp3) is 0.188. The van der Waals surface area contributed by atoms with Crippen LogP contribution in [0.1, 0.15) is 15.9 Å². The first-order valence-corrected chi connectivity index (χ1v) is 6.43. The van der Waals surface area contributed by atoms with E-state index in [-0.39, 0.29) is 17.9 Å². The molecule has 6 heteroatoms. The second-order valence-corrected chi connectivity index (χ2v) is 4.50. The van der Waals surface area contributed by atoms with Gasteiger partial charge in [0.05, 0.1) is 5.56 Å². The summed E-state index contributed by atoms with van der Waals surface area (Å²) in [6.07, 6.45) is -4.03. The maximum atomic E-state index is 12.2. The molecule has 0 aromatic heterocycles. The van der Waals surface area contributed by atoms with E-state index in [1.54, 1.807) is 0 Å². The van der Waals surface area contributed by atoms with Crippen LogP contribution in [-0.4, -0.2) is 19.1 Å². The number of carbonyl (C=O) groups is 1. The van der Waals surface area contributed by atoms with Crippen molar-refractivity contribution in [1.29, 1.82) is 0 Å². The van der Waals surface area contributed by atoms with Gasteiger partial charge in [0, 0.05) is 6.07 Å². The number of rotatable bonds is 6. The quantitative estimate of drug-likeness (QED) is 0.756. The molecule has 0 unspecified atom stereocenters. The molecule has 2 aromatic carbocycles. The molecule has 22 heavy (non-hydrogen) atoms. The van der Waals surface area contributed by atoms with Gasteiger partial charge in [0.25, 0.3) is 0 Å². The van der Waals surface area contributed by atoms with E-state index in [1.165, 1.54) is 18.2 Å². The van der Waals surface area contributed by atoms with E-state index < -0.39 is 12.8 Å². The first-order valence-electron chi connectivity index (χ1n) is 6.43. The van der Waals surface area contributed by atoms with Crippen molar-refractivity contribution in [3.63, 3.8) is 0 Å². The first kappa shape index (κ1) is 15.9. The van der Waals surface area contributed by atoms with E-state index >= 15 is 0 Å². The Bertz CT molecular complexity index is 624. The Balaban J connectivity index is 2.07. The molecule has 116 valence electrons. The monoisotopic (exact) mass is 310 g/mol. The molecule has 0 radical (unpaired) electrons. The van der Waals surface area contributed by atoms with Crippen molar-refractivity contribution >= 4 is 6.29 Å². The van der Waals surface area contributed by atoms with Gasteiger partial charge in [-0.1, -0.05) is 30.3 Å². The Morgan fingerprint density at radius 1 is 1.00 bits per heavy atom. The molecule has 0 fully saturated rings. The zero-order valence-electron chi connectivity index (χ0n) is 11.5. The third-order valence-corrected chi connectivity index (χ3v) is 2.75. The molecule has 0 atom stereocenters. The molecule has 0 saturated carbocycles.